The number of carboxylic acid groups (broad SMARTS) is 1. The Labute approximate surface area is 61.4 Å². The van der Waals surface area contributed by atoms with Crippen LogP contribution in [0.2, 0.25) is 0 Å². The Kier molecular flexibility index (Phi) is 2.23. The van der Waals surface area contributed by atoms with E-state index in [9.17, 15) is 13.6 Å². The topological polar surface area (TPSA) is 49.8 Å². The zero-order valence-corrected chi connectivity index (χ0v) is 5.54. The van der Waals surface area contributed by atoms with Crippen LogP contribution >= 0.6 is 0 Å². The SMILES string of the molecule is O=C(O)N1CC(OC(F)F)C1. The number of hydrogen-bond acceptors (Lipinski definition) is 2. The van der Waals surface area contributed by atoms with E-state index in [1.807, 2.05) is 0 Å². The average Bonchev–Trinajstić information content (AvgIpc) is 1.75. The van der Waals surface area contributed by atoms with Crippen molar-refractivity contribution in [2.45, 2.75) is 12.7 Å². The summed E-state index contributed by atoms with van der Waals surface area (Å²) >= 11 is 0. The Morgan fingerprint density at radius 3 is 2.55 bits per heavy atom. The van der Waals surface area contributed by atoms with Crippen LogP contribution in [0, 0.1) is 0 Å². The summed E-state index contributed by atoms with van der Waals surface area (Å²) in [5, 5.41) is 8.27. The highest BCUT2D eigenvalue weighted by molar-refractivity contribution is 5.66. The Morgan fingerprint density at radius 2 is 2.18 bits per heavy atom. The first-order chi connectivity index (χ1) is 5.09. The highest BCUT2D eigenvalue weighted by Crippen LogP contribution is 2.14. The lowest BCUT2D eigenvalue weighted by Crippen LogP contribution is -2.54. The molecular weight excluding hydrogens is 160 g/mol. The van der Waals surface area contributed by atoms with Gasteiger partial charge in [-0.1, -0.05) is 0 Å². The molecule has 0 spiro atoms. The van der Waals surface area contributed by atoms with Crippen LogP contribution in [-0.4, -0.2) is 41.9 Å². The van der Waals surface area contributed by atoms with Crippen LogP contribution in [-0.2, 0) is 4.74 Å². The van der Waals surface area contributed by atoms with Crippen molar-refractivity contribution in [2.24, 2.45) is 0 Å². The molecule has 0 aromatic carbocycles. The third-order valence-electron chi connectivity index (χ3n) is 1.41. The molecule has 4 nitrogen and oxygen atoms in total. The monoisotopic (exact) mass is 167 g/mol. The van der Waals surface area contributed by atoms with Crippen molar-refractivity contribution in [3.63, 3.8) is 0 Å². The van der Waals surface area contributed by atoms with Crippen molar-refractivity contribution in [1.29, 1.82) is 0 Å². The van der Waals surface area contributed by atoms with Crippen LogP contribution in [0.5, 0.6) is 0 Å². The van der Waals surface area contributed by atoms with Gasteiger partial charge < -0.3 is 14.7 Å². The summed E-state index contributed by atoms with van der Waals surface area (Å²) in [6.07, 6.45) is -1.73. The van der Waals surface area contributed by atoms with Crippen molar-refractivity contribution in [2.75, 3.05) is 13.1 Å². The minimum atomic E-state index is -2.81. The second-order valence-electron chi connectivity index (χ2n) is 2.21. The molecule has 0 unspecified atom stereocenters. The Hall–Kier alpha value is -0.910. The average molecular weight is 167 g/mol. The van der Waals surface area contributed by atoms with Gasteiger partial charge in [0.2, 0.25) is 0 Å². The molecule has 0 bridgehead atoms. The van der Waals surface area contributed by atoms with Crippen molar-refractivity contribution >= 4 is 6.09 Å². The number of hydrogen-bond donors (Lipinski definition) is 1. The minimum Gasteiger partial charge on any atom is -0.465 e. The van der Waals surface area contributed by atoms with Gasteiger partial charge in [0.05, 0.1) is 19.2 Å². The van der Waals surface area contributed by atoms with E-state index in [0.29, 0.717) is 0 Å². The van der Waals surface area contributed by atoms with Gasteiger partial charge in [-0.2, -0.15) is 8.78 Å². The van der Waals surface area contributed by atoms with Gasteiger partial charge in [0, 0.05) is 0 Å². The van der Waals surface area contributed by atoms with Gasteiger partial charge in [0.1, 0.15) is 0 Å². The molecule has 0 saturated carbocycles. The first-order valence-corrected chi connectivity index (χ1v) is 3.01. The van der Waals surface area contributed by atoms with E-state index >= 15 is 0 Å². The van der Waals surface area contributed by atoms with Crippen LogP contribution in [0.1, 0.15) is 0 Å². The lowest BCUT2D eigenvalue weighted by atomic mass is 10.2. The van der Waals surface area contributed by atoms with E-state index in [2.05, 4.69) is 4.74 Å². The molecule has 6 heteroatoms. The van der Waals surface area contributed by atoms with Crippen LogP contribution in [0.3, 0.4) is 0 Å². The molecule has 1 amide bonds. The lowest BCUT2D eigenvalue weighted by Gasteiger charge is -2.36. The summed E-state index contributed by atoms with van der Waals surface area (Å²) in [6.45, 7) is -2.73. The van der Waals surface area contributed by atoms with E-state index in [1.165, 1.54) is 0 Å². The zero-order valence-electron chi connectivity index (χ0n) is 5.54. The van der Waals surface area contributed by atoms with Crippen molar-refractivity contribution in [3.05, 3.63) is 0 Å². The predicted octanol–water partition coefficient (Wildman–Crippen LogP) is 0.588. The fourth-order valence-electron chi connectivity index (χ4n) is 0.826. The van der Waals surface area contributed by atoms with Crippen molar-refractivity contribution in [1.82, 2.24) is 4.90 Å². The smallest absolute Gasteiger partial charge is 0.407 e. The molecule has 1 rings (SSSR count). The molecule has 1 aliphatic heterocycles. The summed E-state index contributed by atoms with van der Waals surface area (Å²) in [5.74, 6) is 0. The maximum absolute atomic E-state index is 11.4. The normalized spacial score (nSPS) is 18.6. The van der Waals surface area contributed by atoms with Gasteiger partial charge in [0.15, 0.2) is 0 Å². The van der Waals surface area contributed by atoms with E-state index in [-0.39, 0.29) is 13.1 Å². The summed E-state index contributed by atoms with van der Waals surface area (Å²) < 4.78 is 26.9. The number of alkyl halides is 2. The zero-order chi connectivity index (χ0) is 8.43. The molecule has 0 radical (unpaired) electrons. The number of halogens is 2. The fourth-order valence-corrected chi connectivity index (χ4v) is 0.826. The van der Waals surface area contributed by atoms with Gasteiger partial charge in [0.25, 0.3) is 0 Å². The minimum absolute atomic E-state index is 0.0413. The summed E-state index contributed by atoms with van der Waals surface area (Å²) in [5.41, 5.74) is 0. The Morgan fingerprint density at radius 1 is 1.64 bits per heavy atom. The molecule has 0 aliphatic carbocycles. The van der Waals surface area contributed by atoms with Gasteiger partial charge in [-0.25, -0.2) is 4.79 Å². The second kappa shape index (κ2) is 3.00. The Bertz CT molecular complexity index is 158. The number of nitrogens with zero attached hydrogens (tertiary/aromatic N) is 1. The number of ether oxygens (including phenoxy) is 1. The van der Waals surface area contributed by atoms with Crippen molar-refractivity contribution in [3.8, 4) is 0 Å². The highest BCUT2D eigenvalue weighted by atomic mass is 19.3. The van der Waals surface area contributed by atoms with E-state index in [1.54, 1.807) is 0 Å². The van der Waals surface area contributed by atoms with E-state index in [0.717, 1.165) is 4.90 Å². The van der Waals surface area contributed by atoms with Crippen LogP contribution in [0.25, 0.3) is 0 Å². The fraction of sp³-hybridized carbons (Fsp3) is 0.800. The number of carbonyl (C=O) groups is 1. The van der Waals surface area contributed by atoms with Crippen molar-refractivity contribution < 1.29 is 23.4 Å². The number of amides is 1. The number of likely N-dealkylation sites (tertiary alicyclic amines) is 1. The largest absolute Gasteiger partial charge is 0.465 e. The van der Waals surface area contributed by atoms with Crippen LogP contribution in [0.15, 0.2) is 0 Å². The molecule has 1 N–H and O–H groups in total. The number of rotatable bonds is 2. The van der Waals surface area contributed by atoms with Gasteiger partial charge >= 0.3 is 12.7 Å². The first kappa shape index (κ1) is 8.19. The molecule has 64 valence electrons. The van der Waals surface area contributed by atoms with Crippen LogP contribution in [0.4, 0.5) is 13.6 Å². The molecule has 11 heavy (non-hydrogen) atoms. The third-order valence-corrected chi connectivity index (χ3v) is 1.41. The standard InChI is InChI=1S/C5H7F2NO3/c6-4(7)11-3-1-8(2-3)5(9)10/h3-4H,1-2H2,(H,9,10). The molecule has 0 aromatic rings. The molecule has 0 aromatic heterocycles. The molecule has 1 saturated heterocycles. The summed E-state index contributed by atoms with van der Waals surface area (Å²) in [7, 11) is 0. The molecular formula is C5H7F2NO3. The summed E-state index contributed by atoms with van der Waals surface area (Å²) in [6, 6.07) is 0. The quantitative estimate of drug-likeness (QED) is 0.654. The third kappa shape index (κ3) is 2.01. The second-order valence-corrected chi connectivity index (χ2v) is 2.21. The van der Waals surface area contributed by atoms with Crippen LogP contribution < -0.4 is 0 Å². The molecule has 1 aliphatic rings. The molecule has 1 heterocycles. The molecule has 0 atom stereocenters. The summed E-state index contributed by atoms with van der Waals surface area (Å²) in [4.78, 5) is 11.1. The molecule has 1 fully saturated rings. The first-order valence-electron chi connectivity index (χ1n) is 3.01. The van der Waals surface area contributed by atoms with E-state index in [4.69, 9.17) is 5.11 Å². The Balaban J connectivity index is 2.14. The van der Waals surface area contributed by atoms with Gasteiger partial charge in [-0.05, 0) is 0 Å². The van der Waals surface area contributed by atoms with Gasteiger partial charge in [-0.3, -0.25) is 0 Å². The highest BCUT2D eigenvalue weighted by Gasteiger charge is 2.32. The predicted molar refractivity (Wildman–Crippen MR) is 30.5 cm³/mol. The van der Waals surface area contributed by atoms with E-state index < -0.39 is 18.8 Å². The maximum atomic E-state index is 11.4. The maximum Gasteiger partial charge on any atom is 0.407 e. The van der Waals surface area contributed by atoms with Gasteiger partial charge in [-0.15, -0.1) is 0 Å². The lowest BCUT2D eigenvalue weighted by molar-refractivity contribution is -0.190.